The summed E-state index contributed by atoms with van der Waals surface area (Å²) in [6.07, 6.45) is 4.30. The van der Waals surface area contributed by atoms with Crippen molar-refractivity contribution in [2.45, 2.75) is 12.8 Å². The van der Waals surface area contributed by atoms with Gasteiger partial charge in [0.25, 0.3) is 0 Å². The van der Waals surface area contributed by atoms with E-state index in [-0.39, 0.29) is 0 Å². The van der Waals surface area contributed by atoms with E-state index in [9.17, 15) is 4.79 Å². The molecule has 0 fully saturated rings. The van der Waals surface area contributed by atoms with Gasteiger partial charge >= 0.3 is 5.97 Å². The Balaban J connectivity index is 2.34. The standard InChI is InChI=1S/C18H15ClO3/c1-3-16(20)22-18-13-7-5-4-6-12(13)17(21-2)14-9-8-11(19)10-15(14)18/h3-8H,1,9-10H2,2H3. The summed E-state index contributed by atoms with van der Waals surface area (Å²) in [5.41, 5.74) is 1.91. The lowest BCUT2D eigenvalue weighted by Gasteiger charge is -2.22. The van der Waals surface area contributed by atoms with Crippen LogP contribution in [0.3, 0.4) is 0 Å². The molecule has 0 saturated heterocycles. The van der Waals surface area contributed by atoms with Crippen LogP contribution in [0.5, 0.6) is 11.5 Å². The molecule has 0 heterocycles. The lowest BCUT2D eigenvalue weighted by Crippen LogP contribution is -2.11. The van der Waals surface area contributed by atoms with Gasteiger partial charge in [0.05, 0.1) is 7.11 Å². The minimum absolute atomic E-state index is 0.483. The molecule has 0 amide bonds. The van der Waals surface area contributed by atoms with Crippen molar-refractivity contribution in [1.29, 1.82) is 0 Å². The number of ether oxygens (including phenoxy) is 2. The summed E-state index contributed by atoms with van der Waals surface area (Å²) in [5, 5.41) is 2.49. The average Bonchev–Trinajstić information content (AvgIpc) is 2.55. The van der Waals surface area contributed by atoms with Crippen LogP contribution in [-0.4, -0.2) is 13.1 Å². The number of methoxy groups -OCH3 is 1. The minimum Gasteiger partial charge on any atom is -0.496 e. The summed E-state index contributed by atoms with van der Waals surface area (Å²) in [6.45, 7) is 3.46. The van der Waals surface area contributed by atoms with Gasteiger partial charge in [0, 0.05) is 39.4 Å². The van der Waals surface area contributed by atoms with Crippen LogP contribution in [0.4, 0.5) is 0 Å². The number of carbonyl (C=O) groups is 1. The van der Waals surface area contributed by atoms with E-state index in [2.05, 4.69) is 6.58 Å². The third-order valence-electron chi connectivity index (χ3n) is 3.78. The lowest BCUT2D eigenvalue weighted by atomic mass is 9.90. The summed E-state index contributed by atoms with van der Waals surface area (Å²) in [4.78, 5) is 11.7. The highest BCUT2D eigenvalue weighted by Gasteiger charge is 2.24. The Morgan fingerprint density at radius 3 is 2.55 bits per heavy atom. The van der Waals surface area contributed by atoms with Gasteiger partial charge in [0.15, 0.2) is 0 Å². The number of rotatable bonds is 3. The lowest BCUT2D eigenvalue weighted by molar-refractivity contribution is -0.128. The highest BCUT2D eigenvalue weighted by molar-refractivity contribution is 6.30. The first-order valence-corrected chi connectivity index (χ1v) is 7.32. The first-order valence-electron chi connectivity index (χ1n) is 6.95. The summed E-state index contributed by atoms with van der Waals surface area (Å²) >= 11 is 6.19. The van der Waals surface area contributed by atoms with Crippen LogP contribution in [0.2, 0.25) is 0 Å². The molecule has 0 unspecified atom stereocenters. The maximum absolute atomic E-state index is 11.7. The van der Waals surface area contributed by atoms with Crippen molar-refractivity contribution >= 4 is 28.3 Å². The van der Waals surface area contributed by atoms with Crippen LogP contribution in [0, 0.1) is 0 Å². The number of benzene rings is 2. The van der Waals surface area contributed by atoms with Crippen molar-refractivity contribution in [1.82, 2.24) is 0 Å². The highest BCUT2D eigenvalue weighted by Crippen LogP contribution is 2.44. The molecule has 0 aliphatic heterocycles. The van der Waals surface area contributed by atoms with Crippen molar-refractivity contribution in [3.8, 4) is 11.5 Å². The zero-order valence-electron chi connectivity index (χ0n) is 12.2. The molecule has 2 aromatic carbocycles. The molecular formula is C18H15ClO3. The van der Waals surface area contributed by atoms with Crippen LogP contribution >= 0.6 is 11.6 Å². The Labute approximate surface area is 133 Å². The van der Waals surface area contributed by atoms with Crippen molar-refractivity contribution in [3.63, 3.8) is 0 Å². The van der Waals surface area contributed by atoms with E-state index in [1.54, 1.807) is 7.11 Å². The van der Waals surface area contributed by atoms with Crippen molar-refractivity contribution in [3.05, 3.63) is 59.2 Å². The normalized spacial score (nSPS) is 13.3. The Morgan fingerprint density at radius 1 is 1.23 bits per heavy atom. The smallest absolute Gasteiger partial charge is 0.335 e. The van der Waals surface area contributed by atoms with Crippen LogP contribution in [0.15, 0.2) is 48.0 Å². The maximum Gasteiger partial charge on any atom is 0.335 e. The highest BCUT2D eigenvalue weighted by atomic mass is 35.5. The number of hydrogen-bond donors (Lipinski definition) is 0. The monoisotopic (exact) mass is 314 g/mol. The third-order valence-corrected chi connectivity index (χ3v) is 4.06. The predicted octanol–water partition coefficient (Wildman–Crippen LogP) is 4.16. The Bertz CT molecular complexity index is 806. The number of allylic oxidation sites excluding steroid dienone is 2. The minimum atomic E-state index is -0.483. The number of fused-ring (bicyclic) bond motifs is 2. The average molecular weight is 315 g/mol. The molecule has 22 heavy (non-hydrogen) atoms. The van der Waals surface area contributed by atoms with E-state index >= 15 is 0 Å². The number of carbonyl (C=O) groups excluding carboxylic acids is 1. The van der Waals surface area contributed by atoms with E-state index in [4.69, 9.17) is 21.1 Å². The van der Waals surface area contributed by atoms with E-state index in [0.29, 0.717) is 18.6 Å². The fraction of sp³-hybridized carbons (Fsp3) is 0.167. The zero-order valence-corrected chi connectivity index (χ0v) is 12.9. The van der Waals surface area contributed by atoms with E-state index < -0.39 is 5.97 Å². The Morgan fingerprint density at radius 2 is 1.91 bits per heavy atom. The number of hydrogen-bond acceptors (Lipinski definition) is 3. The van der Waals surface area contributed by atoms with Crippen LogP contribution in [-0.2, 0) is 17.6 Å². The molecule has 1 aliphatic carbocycles. The molecule has 4 heteroatoms. The van der Waals surface area contributed by atoms with Crippen molar-refractivity contribution in [2.75, 3.05) is 7.11 Å². The van der Waals surface area contributed by atoms with Crippen LogP contribution in [0.1, 0.15) is 11.1 Å². The van der Waals surface area contributed by atoms with Crippen molar-refractivity contribution in [2.24, 2.45) is 0 Å². The zero-order chi connectivity index (χ0) is 15.7. The summed E-state index contributed by atoms with van der Waals surface area (Å²) in [5.74, 6) is 0.871. The molecule has 0 aromatic heterocycles. The molecule has 112 valence electrons. The van der Waals surface area contributed by atoms with Gasteiger partial charge in [-0.05, 0) is 6.42 Å². The van der Waals surface area contributed by atoms with E-state index in [0.717, 1.165) is 38.8 Å². The maximum atomic E-state index is 11.7. The van der Waals surface area contributed by atoms with E-state index in [1.807, 2.05) is 30.3 Å². The number of esters is 1. The van der Waals surface area contributed by atoms with Gasteiger partial charge in [0.1, 0.15) is 11.5 Å². The first-order chi connectivity index (χ1) is 10.7. The van der Waals surface area contributed by atoms with Gasteiger partial charge in [0.2, 0.25) is 0 Å². The van der Waals surface area contributed by atoms with Crippen LogP contribution in [0.25, 0.3) is 10.8 Å². The second-order valence-corrected chi connectivity index (χ2v) is 5.51. The summed E-state index contributed by atoms with van der Waals surface area (Å²) in [6, 6.07) is 7.71. The van der Waals surface area contributed by atoms with Gasteiger partial charge in [-0.15, -0.1) is 0 Å². The fourth-order valence-corrected chi connectivity index (χ4v) is 3.04. The molecule has 2 aromatic rings. The van der Waals surface area contributed by atoms with Crippen LogP contribution < -0.4 is 9.47 Å². The molecule has 3 nitrogen and oxygen atoms in total. The van der Waals surface area contributed by atoms with Gasteiger partial charge < -0.3 is 9.47 Å². The molecule has 3 rings (SSSR count). The van der Waals surface area contributed by atoms with Gasteiger partial charge in [-0.2, -0.15) is 0 Å². The quantitative estimate of drug-likeness (QED) is 0.485. The third kappa shape index (κ3) is 2.38. The van der Waals surface area contributed by atoms with Gasteiger partial charge in [-0.3, -0.25) is 0 Å². The van der Waals surface area contributed by atoms with E-state index in [1.165, 1.54) is 0 Å². The molecule has 1 aliphatic rings. The molecule has 0 spiro atoms. The molecule has 0 saturated carbocycles. The second kappa shape index (κ2) is 5.85. The number of halogens is 1. The Kier molecular flexibility index (Phi) is 3.90. The molecule has 0 N–H and O–H groups in total. The Hall–Kier alpha value is -2.26. The second-order valence-electron chi connectivity index (χ2n) is 5.02. The van der Waals surface area contributed by atoms with Gasteiger partial charge in [-0.25, -0.2) is 4.79 Å². The fourth-order valence-electron chi connectivity index (χ4n) is 2.83. The summed E-state index contributed by atoms with van der Waals surface area (Å²) in [7, 11) is 1.65. The molecular weight excluding hydrogens is 300 g/mol. The predicted molar refractivity (Wildman–Crippen MR) is 87.7 cm³/mol. The van der Waals surface area contributed by atoms with Gasteiger partial charge in [-0.1, -0.05) is 48.5 Å². The SMILES string of the molecule is C=CC(=O)Oc1c2c(c(OC)c3ccccc13)CC=C(Cl)C2. The largest absolute Gasteiger partial charge is 0.496 e. The molecule has 0 radical (unpaired) electrons. The summed E-state index contributed by atoms with van der Waals surface area (Å²) < 4.78 is 11.1. The topological polar surface area (TPSA) is 35.5 Å². The first kappa shape index (κ1) is 14.7. The molecule has 0 bridgehead atoms. The molecule has 0 atom stereocenters. The van der Waals surface area contributed by atoms with Crippen molar-refractivity contribution < 1.29 is 14.3 Å².